The van der Waals surface area contributed by atoms with Crippen LogP contribution in [0, 0.1) is 0 Å². The number of para-hydroxylation sites is 1. The lowest BCUT2D eigenvalue weighted by Crippen LogP contribution is -1.97. The Labute approximate surface area is 138 Å². The van der Waals surface area contributed by atoms with E-state index >= 15 is 0 Å². The topological polar surface area (TPSA) is 61.3 Å². The van der Waals surface area contributed by atoms with E-state index in [1.165, 1.54) is 0 Å². The highest BCUT2D eigenvalue weighted by molar-refractivity contribution is 5.70. The molecule has 0 spiro atoms. The zero-order valence-corrected chi connectivity index (χ0v) is 12.8. The molecule has 0 bridgehead atoms. The van der Waals surface area contributed by atoms with Crippen molar-refractivity contribution in [2.75, 3.05) is 0 Å². The van der Waals surface area contributed by atoms with Crippen LogP contribution in [0.25, 0.3) is 22.5 Å². The first-order valence-corrected chi connectivity index (χ1v) is 7.52. The van der Waals surface area contributed by atoms with E-state index in [-0.39, 0.29) is 6.61 Å². The quantitative estimate of drug-likeness (QED) is 0.539. The highest BCUT2D eigenvalue weighted by Crippen LogP contribution is 2.30. The third-order valence-electron chi connectivity index (χ3n) is 3.57. The lowest BCUT2D eigenvalue weighted by molar-refractivity contribution is 0.244. The number of hydrogen-bond donors (Lipinski definition) is 0. The smallest absolute Gasteiger partial charge is 0.264 e. The highest BCUT2D eigenvalue weighted by Gasteiger charge is 2.11. The van der Waals surface area contributed by atoms with E-state index < -0.39 is 0 Å². The molecule has 0 N–H and O–H groups in total. The van der Waals surface area contributed by atoms with E-state index in [1.54, 1.807) is 18.6 Å². The fraction of sp³-hybridized carbons (Fsp3) is 0.0526. The molecule has 0 saturated carbocycles. The second kappa shape index (κ2) is 6.42. The van der Waals surface area contributed by atoms with Crippen LogP contribution in [0.1, 0.15) is 5.89 Å². The Hall–Kier alpha value is -3.34. The van der Waals surface area contributed by atoms with Gasteiger partial charge in [0.15, 0.2) is 6.61 Å². The molecule has 4 aromatic rings. The minimum atomic E-state index is 0.203. The molecule has 0 aliphatic rings. The van der Waals surface area contributed by atoms with Gasteiger partial charge in [0.2, 0.25) is 5.82 Å². The lowest BCUT2D eigenvalue weighted by Gasteiger charge is -2.09. The number of ether oxygens (including phenoxy) is 1. The van der Waals surface area contributed by atoms with Crippen LogP contribution in [0.3, 0.4) is 0 Å². The first-order valence-electron chi connectivity index (χ1n) is 7.52. The van der Waals surface area contributed by atoms with Gasteiger partial charge >= 0.3 is 0 Å². The molecule has 5 nitrogen and oxygen atoms in total. The molecule has 118 valence electrons. The van der Waals surface area contributed by atoms with Crippen molar-refractivity contribution in [3.63, 3.8) is 0 Å². The van der Waals surface area contributed by atoms with Crippen LogP contribution < -0.4 is 4.74 Å². The average Bonchev–Trinajstić information content (AvgIpc) is 3.32. The largest absolute Gasteiger partial charge is 0.483 e. The first kappa shape index (κ1) is 14.3. The van der Waals surface area contributed by atoms with Gasteiger partial charge in [-0.15, -0.1) is 0 Å². The van der Waals surface area contributed by atoms with Gasteiger partial charge in [0.25, 0.3) is 5.89 Å². The van der Waals surface area contributed by atoms with Gasteiger partial charge in [0, 0.05) is 5.56 Å². The van der Waals surface area contributed by atoms with Crippen molar-refractivity contribution < 1.29 is 13.7 Å². The van der Waals surface area contributed by atoms with Crippen molar-refractivity contribution in [2.45, 2.75) is 6.61 Å². The predicted octanol–water partition coefficient (Wildman–Crippen LogP) is 4.58. The van der Waals surface area contributed by atoms with Crippen molar-refractivity contribution >= 4 is 0 Å². The molecule has 0 aliphatic carbocycles. The molecule has 5 heteroatoms. The van der Waals surface area contributed by atoms with Crippen molar-refractivity contribution in [2.24, 2.45) is 0 Å². The van der Waals surface area contributed by atoms with Crippen LogP contribution in [0.15, 0.2) is 82.1 Å². The van der Waals surface area contributed by atoms with Crippen molar-refractivity contribution in [3.05, 3.63) is 79.1 Å². The summed E-state index contributed by atoms with van der Waals surface area (Å²) < 4.78 is 16.1. The van der Waals surface area contributed by atoms with E-state index in [2.05, 4.69) is 10.1 Å². The summed E-state index contributed by atoms with van der Waals surface area (Å²) >= 11 is 0. The molecule has 0 atom stereocenters. The molecular weight excluding hydrogens is 304 g/mol. The zero-order valence-electron chi connectivity index (χ0n) is 12.8. The number of furan rings is 1. The van der Waals surface area contributed by atoms with E-state index in [9.17, 15) is 0 Å². The van der Waals surface area contributed by atoms with Crippen LogP contribution >= 0.6 is 0 Å². The molecule has 2 aromatic heterocycles. The summed E-state index contributed by atoms with van der Waals surface area (Å²) in [4.78, 5) is 4.31. The molecule has 0 unspecified atom stereocenters. The maximum Gasteiger partial charge on any atom is 0.264 e. The predicted molar refractivity (Wildman–Crippen MR) is 88.2 cm³/mol. The molecule has 2 aromatic carbocycles. The van der Waals surface area contributed by atoms with Crippen LogP contribution in [0.5, 0.6) is 5.75 Å². The number of rotatable bonds is 5. The zero-order chi connectivity index (χ0) is 16.2. The van der Waals surface area contributed by atoms with Gasteiger partial charge in [-0.3, -0.25) is 0 Å². The Kier molecular flexibility index (Phi) is 3.81. The molecule has 4 rings (SSSR count). The van der Waals surface area contributed by atoms with Gasteiger partial charge in [-0.1, -0.05) is 53.7 Å². The minimum absolute atomic E-state index is 0.203. The summed E-state index contributed by atoms with van der Waals surface area (Å²) in [5, 5.41) is 3.93. The third kappa shape index (κ3) is 2.92. The number of aromatic nitrogens is 2. The monoisotopic (exact) mass is 318 g/mol. The number of benzene rings is 2. The molecule has 2 heterocycles. The van der Waals surface area contributed by atoms with Crippen molar-refractivity contribution in [3.8, 4) is 28.3 Å². The van der Waals surface area contributed by atoms with Gasteiger partial charge in [0.05, 0.1) is 11.8 Å². The van der Waals surface area contributed by atoms with E-state index in [0.717, 1.165) is 22.4 Å². The minimum Gasteiger partial charge on any atom is -0.483 e. The summed E-state index contributed by atoms with van der Waals surface area (Å²) in [7, 11) is 0. The van der Waals surface area contributed by atoms with Crippen LogP contribution in [0.2, 0.25) is 0 Å². The summed E-state index contributed by atoms with van der Waals surface area (Å²) in [6.07, 6.45) is 3.14. The number of nitrogens with zero attached hydrogens (tertiary/aromatic N) is 2. The van der Waals surface area contributed by atoms with E-state index in [4.69, 9.17) is 13.7 Å². The maximum absolute atomic E-state index is 5.89. The third-order valence-corrected chi connectivity index (χ3v) is 3.57. The van der Waals surface area contributed by atoms with Crippen LogP contribution in [0.4, 0.5) is 0 Å². The van der Waals surface area contributed by atoms with Crippen LogP contribution in [-0.2, 0) is 6.61 Å². The average molecular weight is 318 g/mol. The summed E-state index contributed by atoms with van der Waals surface area (Å²) in [5.74, 6) is 1.67. The first-order chi connectivity index (χ1) is 11.9. The van der Waals surface area contributed by atoms with Gasteiger partial charge in [0.1, 0.15) is 12.0 Å². The Balaban J connectivity index is 1.53. The van der Waals surface area contributed by atoms with Crippen molar-refractivity contribution in [1.82, 2.24) is 10.1 Å². The number of hydrogen-bond acceptors (Lipinski definition) is 5. The second-order valence-electron chi connectivity index (χ2n) is 5.17. The highest BCUT2D eigenvalue weighted by atomic mass is 16.5. The Morgan fingerprint density at radius 1 is 0.875 bits per heavy atom. The van der Waals surface area contributed by atoms with Gasteiger partial charge in [-0.2, -0.15) is 4.98 Å². The molecule has 0 saturated heterocycles. The second-order valence-corrected chi connectivity index (χ2v) is 5.17. The molecular formula is C19H14N2O3. The van der Waals surface area contributed by atoms with Crippen molar-refractivity contribution in [1.29, 1.82) is 0 Å². The molecule has 0 radical (unpaired) electrons. The van der Waals surface area contributed by atoms with Gasteiger partial charge in [-0.05, 0) is 17.7 Å². The fourth-order valence-corrected chi connectivity index (χ4v) is 2.41. The summed E-state index contributed by atoms with van der Waals surface area (Å²) in [6.45, 7) is 0.203. The summed E-state index contributed by atoms with van der Waals surface area (Å²) in [5.41, 5.74) is 2.89. The van der Waals surface area contributed by atoms with Gasteiger partial charge in [-0.25, -0.2) is 0 Å². The maximum atomic E-state index is 5.89. The van der Waals surface area contributed by atoms with Crippen LogP contribution in [-0.4, -0.2) is 10.1 Å². The molecule has 0 amide bonds. The van der Waals surface area contributed by atoms with Gasteiger partial charge < -0.3 is 13.7 Å². The Bertz CT molecular complexity index is 915. The lowest BCUT2D eigenvalue weighted by atomic mass is 10.1. The SMILES string of the molecule is c1ccc(-c2ccccc2OCc2nc(-c3ccoc3)no2)cc1. The molecule has 0 fully saturated rings. The normalized spacial score (nSPS) is 10.7. The summed E-state index contributed by atoms with van der Waals surface area (Å²) in [6, 6.07) is 19.7. The molecule has 0 aliphatic heterocycles. The standard InChI is InChI=1S/C19H14N2O3/c1-2-6-14(7-3-1)16-8-4-5-9-17(16)23-13-18-20-19(21-24-18)15-10-11-22-12-15/h1-12H,13H2. The Morgan fingerprint density at radius 2 is 1.71 bits per heavy atom. The molecule has 24 heavy (non-hydrogen) atoms. The Morgan fingerprint density at radius 3 is 2.54 bits per heavy atom. The fourth-order valence-electron chi connectivity index (χ4n) is 2.41. The van der Waals surface area contributed by atoms with E-state index in [0.29, 0.717) is 11.7 Å². The van der Waals surface area contributed by atoms with E-state index in [1.807, 2.05) is 54.6 Å².